The highest BCUT2D eigenvalue weighted by molar-refractivity contribution is 7.98. The van der Waals surface area contributed by atoms with E-state index in [4.69, 9.17) is 0 Å². The normalized spacial score (nSPS) is 11.5. The van der Waals surface area contributed by atoms with E-state index < -0.39 is 44.0 Å². The third-order valence-electron chi connectivity index (χ3n) is 5.10. The Bertz CT molecular complexity index is 1380. The van der Waals surface area contributed by atoms with Crippen molar-refractivity contribution in [3.05, 3.63) is 120 Å². The first kappa shape index (κ1) is 28.4. The smallest absolute Gasteiger partial charge is 0.277 e. The van der Waals surface area contributed by atoms with Crippen LogP contribution in [0.1, 0.15) is 21.5 Å². The van der Waals surface area contributed by atoms with E-state index >= 15 is 0 Å². The number of carbonyl (C=O) groups is 2. The Labute approximate surface area is 224 Å². The summed E-state index contributed by atoms with van der Waals surface area (Å²) >= 11 is 1.32. The van der Waals surface area contributed by atoms with Crippen LogP contribution in [0.15, 0.2) is 77.9 Å². The summed E-state index contributed by atoms with van der Waals surface area (Å²) in [6, 6.07) is 16.0. The van der Waals surface area contributed by atoms with Gasteiger partial charge in [-0.15, -0.1) is 0 Å². The maximum Gasteiger partial charge on any atom is 0.277 e. The lowest BCUT2D eigenvalue weighted by Gasteiger charge is -2.17. The molecule has 0 aromatic heterocycles. The molecule has 0 spiro atoms. The lowest BCUT2D eigenvalue weighted by molar-refractivity contribution is -0.394. The Morgan fingerprint density at radius 1 is 0.846 bits per heavy atom. The third kappa shape index (κ3) is 8.43. The molecule has 3 rings (SSSR count). The van der Waals surface area contributed by atoms with Crippen molar-refractivity contribution in [3.63, 3.8) is 0 Å². The van der Waals surface area contributed by atoms with Crippen LogP contribution in [0, 0.1) is 30.3 Å². The fraction of sp³-hybridized carbons (Fsp3) is 0.125. The average molecular weight is 553 g/mol. The molecular weight excluding hydrogens is 532 g/mol. The maximum atomic E-state index is 12.9. The first-order chi connectivity index (χ1) is 18.6. The molecule has 14 nitrogen and oxygen atoms in total. The van der Waals surface area contributed by atoms with Gasteiger partial charge in [0.2, 0.25) is 0 Å². The fourth-order valence-electron chi connectivity index (χ4n) is 3.16. The van der Waals surface area contributed by atoms with Crippen LogP contribution >= 0.6 is 11.8 Å². The number of nitrogens with zero attached hydrogens (tertiary/aromatic N) is 4. The topological polar surface area (TPSA) is 200 Å². The molecule has 2 N–H and O–H groups in total. The number of carbonyl (C=O) groups excluding carboxylic acids is 2. The van der Waals surface area contributed by atoms with Crippen molar-refractivity contribution < 1.29 is 24.4 Å². The zero-order chi connectivity index (χ0) is 28.4. The van der Waals surface area contributed by atoms with Gasteiger partial charge in [0.05, 0.1) is 32.6 Å². The van der Waals surface area contributed by atoms with Crippen LogP contribution in [0.5, 0.6) is 0 Å². The van der Waals surface area contributed by atoms with Gasteiger partial charge in [0.15, 0.2) is 0 Å². The number of hydrazone groups is 1. The van der Waals surface area contributed by atoms with Crippen molar-refractivity contribution >= 4 is 46.9 Å². The Morgan fingerprint density at radius 3 is 2.00 bits per heavy atom. The number of hydrogen-bond acceptors (Lipinski definition) is 10. The molecule has 0 bridgehead atoms. The summed E-state index contributed by atoms with van der Waals surface area (Å²) in [6.07, 6.45) is 1.25. The third-order valence-corrected chi connectivity index (χ3v) is 6.20. The lowest BCUT2D eigenvalue weighted by atomic mass is 10.1. The standard InChI is InChI=1S/C24H20N6O8S/c31-23(18-10-20(29(35)36)12-21(11-18)30(37)38)26-22(15-39-14-17-4-2-1-3-5-17)24(32)27-25-13-16-6-8-19(9-7-16)28(33)34/h1-13,22H,14-15H2,(H,26,31)(H,27,32). The van der Waals surface area contributed by atoms with Crippen molar-refractivity contribution in [1.82, 2.24) is 10.7 Å². The molecule has 200 valence electrons. The largest absolute Gasteiger partial charge is 0.339 e. The number of nitro benzene ring substituents is 3. The summed E-state index contributed by atoms with van der Waals surface area (Å²) in [5, 5.41) is 39.4. The highest BCUT2D eigenvalue weighted by atomic mass is 32.2. The Kier molecular flexibility index (Phi) is 9.75. The molecule has 15 heteroatoms. The van der Waals surface area contributed by atoms with E-state index in [0.717, 1.165) is 23.8 Å². The quantitative estimate of drug-likeness (QED) is 0.191. The van der Waals surface area contributed by atoms with E-state index in [0.29, 0.717) is 11.3 Å². The molecule has 0 heterocycles. The van der Waals surface area contributed by atoms with Gasteiger partial charge in [-0.2, -0.15) is 16.9 Å². The van der Waals surface area contributed by atoms with Crippen molar-refractivity contribution in [2.24, 2.45) is 5.10 Å². The van der Waals surface area contributed by atoms with Crippen LogP contribution < -0.4 is 10.7 Å². The molecule has 3 aromatic rings. The molecule has 39 heavy (non-hydrogen) atoms. The molecule has 3 aromatic carbocycles. The molecule has 0 saturated carbocycles. The monoisotopic (exact) mass is 552 g/mol. The summed E-state index contributed by atoms with van der Waals surface area (Å²) in [5.41, 5.74) is 1.94. The van der Waals surface area contributed by atoms with Gasteiger partial charge >= 0.3 is 0 Å². The first-order valence-corrected chi connectivity index (χ1v) is 12.2. The van der Waals surface area contributed by atoms with E-state index in [1.165, 1.54) is 42.2 Å². The van der Waals surface area contributed by atoms with Crippen LogP contribution in [0.3, 0.4) is 0 Å². The summed E-state index contributed by atoms with van der Waals surface area (Å²) in [4.78, 5) is 56.6. The summed E-state index contributed by atoms with van der Waals surface area (Å²) < 4.78 is 0. The van der Waals surface area contributed by atoms with E-state index in [2.05, 4.69) is 15.8 Å². The number of nitro groups is 3. The number of thioether (sulfide) groups is 1. The van der Waals surface area contributed by atoms with Gasteiger partial charge in [0.25, 0.3) is 28.9 Å². The fourth-order valence-corrected chi connectivity index (χ4v) is 4.18. The molecule has 0 aliphatic carbocycles. The lowest BCUT2D eigenvalue weighted by Crippen LogP contribution is -2.47. The minimum atomic E-state index is -1.17. The number of amides is 2. The molecular formula is C24H20N6O8S. The highest BCUT2D eigenvalue weighted by Crippen LogP contribution is 2.23. The van der Waals surface area contributed by atoms with Gasteiger partial charge in [-0.3, -0.25) is 39.9 Å². The van der Waals surface area contributed by atoms with Crippen LogP contribution in [-0.4, -0.2) is 44.6 Å². The van der Waals surface area contributed by atoms with Gasteiger partial charge in [-0.1, -0.05) is 30.3 Å². The summed E-state index contributed by atoms with van der Waals surface area (Å²) in [5.74, 6) is -1.06. The zero-order valence-electron chi connectivity index (χ0n) is 20.0. The van der Waals surface area contributed by atoms with Crippen molar-refractivity contribution in [3.8, 4) is 0 Å². The molecule has 0 aliphatic heterocycles. The Morgan fingerprint density at radius 2 is 1.44 bits per heavy atom. The van der Waals surface area contributed by atoms with Crippen LogP contribution in [0.4, 0.5) is 17.1 Å². The van der Waals surface area contributed by atoms with Gasteiger partial charge < -0.3 is 5.32 Å². The van der Waals surface area contributed by atoms with Gasteiger partial charge in [0.1, 0.15) is 6.04 Å². The second kappa shape index (κ2) is 13.4. The second-order valence-electron chi connectivity index (χ2n) is 7.86. The molecule has 0 saturated heterocycles. The maximum absolute atomic E-state index is 12.9. The molecule has 0 fully saturated rings. The predicted molar refractivity (Wildman–Crippen MR) is 142 cm³/mol. The van der Waals surface area contributed by atoms with Gasteiger partial charge in [-0.05, 0) is 23.3 Å². The van der Waals surface area contributed by atoms with Crippen molar-refractivity contribution in [2.75, 3.05) is 5.75 Å². The average Bonchev–Trinajstić information content (AvgIpc) is 2.92. The van der Waals surface area contributed by atoms with Crippen molar-refractivity contribution in [1.29, 1.82) is 0 Å². The highest BCUT2D eigenvalue weighted by Gasteiger charge is 2.25. The summed E-state index contributed by atoms with van der Waals surface area (Å²) in [6.45, 7) is 0. The van der Waals surface area contributed by atoms with Gasteiger partial charge in [-0.25, -0.2) is 5.43 Å². The number of nitrogens with one attached hydrogen (secondary N) is 2. The number of non-ortho nitro benzene ring substituents is 3. The van der Waals surface area contributed by atoms with E-state index in [1.54, 1.807) is 0 Å². The first-order valence-electron chi connectivity index (χ1n) is 11.1. The number of rotatable bonds is 12. The molecule has 1 unspecified atom stereocenters. The molecule has 1 atom stereocenters. The minimum Gasteiger partial charge on any atom is -0.339 e. The van der Waals surface area contributed by atoms with E-state index in [-0.39, 0.29) is 17.0 Å². The predicted octanol–water partition coefficient (Wildman–Crippen LogP) is 3.59. The molecule has 0 radical (unpaired) electrons. The second-order valence-corrected chi connectivity index (χ2v) is 8.89. The Hall–Kier alpha value is -5.18. The van der Waals surface area contributed by atoms with E-state index in [1.807, 2.05) is 30.3 Å². The van der Waals surface area contributed by atoms with Crippen LogP contribution in [0.25, 0.3) is 0 Å². The van der Waals surface area contributed by atoms with Crippen molar-refractivity contribution in [2.45, 2.75) is 11.8 Å². The molecule has 2 amide bonds. The summed E-state index contributed by atoms with van der Waals surface area (Å²) in [7, 11) is 0. The van der Waals surface area contributed by atoms with Gasteiger partial charge in [0, 0.05) is 35.8 Å². The molecule has 0 aliphatic rings. The number of benzene rings is 3. The number of hydrogen-bond donors (Lipinski definition) is 2. The zero-order valence-corrected chi connectivity index (χ0v) is 20.8. The SMILES string of the molecule is O=C(NC(CSCc1ccccc1)C(=O)NN=Cc1ccc([N+](=O)[O-])cc1)c1cc([N+](=O)[O-])cc([N+](=O)[O-])c1. The van der Waals surface area contributed by atoms with E-state index in [9.17, 15) is 39.9 Å². The van der Waals surface area contributed by atoms with Crippen LogP contribution in [-0.2, 0) is 10.5 Å². The minimum absolute atomic E-state index is 0.0799. The Balaban J connectivity index is 1.75. The van der Waals surface area contributed by atoms with Crippen LogP contribution in [0.2, 0.25) is 0 Å².